The minimum Gasteiger partial charge on any atom is -0.319 e. The van der Waals surface area contributed by atoms with Gasteiger partial charge < -0.3 is 5.32 Å². The molecule has 8 heteroatoms. The Balaban J connectivity index is 1.74. The van der Waals surface area contributed by atoms with E-state index < -0.39 is 5.91 Å². The molecule has 4 aromatic rings. The van der Waals surface area contributed by atoms with Crippen molar-refractivity contribution in [1.82, 2.24) is 14.8 Å². The highest BCUT2D eigenvalue weighted by Gasteiger charge is 2.19. The monoisotopic (exact) mass is 514 g/mol. The van der Waals surface area contributed by atoms with E-state index in [2.05, 4.69) is 47.3 Å². The number of hydrogen-bond donors (Lipinski definition) is 1. The number of hydrogen-bond acceptors (Lipinski definition) is 3. The van der Waals surface area contributed by atoms with Crippen molar-refractivity contribution in [2.24, 2.45) is 0 Å². The van der Waals surface area contributed by atoms with Crippen LogP contribution in [-0.4, -0.2) is 20.7 Å². The third kappa shape index (κ3) is 4.44. The van der Waals surface area contributed by atoms with Crippen LogP contribution in [0.2, 0.25) is 0 Å². The van der Waals surface area contributed by atoms with Crippen LogP contribution >= 0.6 is 31.9 Å². The minimum atomic E-state index is -0.438. The van der Waals surface area contributed by atoms with Crippen LogP contribution in [-0.2, 0) is 0 Å². The first kappa shape index (κ1) is 19.5. The van der Waals surface area contributed by atoms with E-state index in [0.717, 1.165) is 14.5 Å². The van der Waals surface area contributed by atoms with Crippen molar-refractivity contribution < 1.29 is 9.18 Å². The Labute approximate surface area is 182 Å². The van der Waals surface area contributed by atoms with Gasteiger partial charge >= 0.3 is 0 Å². The van der Waals surface area contributed by atoms with E-state index in [0.29, 0.717) is 17.2 Å². The van der Waals surface area contributed by atoms with Crippen molar-refractivity contribution in [1.29, 1.82) is 0 Å². The first-order valence-electron chi connectivity index (χ1n) is 8.55. The quantitative estimate of drug-likeness (QED) is 0.371. The normalized spacial score (nSPS) is 10.7. The van der Waals surface area contributed by atoms with E-state index in [4.69, 9.17) is 0 Å². The molecule has 0 saturated heterocycles. The van der Waals surface area contributed by atoms with E-state index in [1.54, 1.807) is 24.3 Å². The van der Waals surface area contributed by atoms with Crippen molar-refractivity contribution in [3.63, 3.8) is 0 Å². The molecule has 1 amide bonds. The maximum Gasteiger partial charge on any atom is 0.295 e. The first-order chi connectivity index (χ1) is 14.0. The fourth-order valence-electron chi connectivity index (χ4n) is 2.68. The van der Waals surface area contributed by atoms with Gasteiger partial charge in [-0.25, -0.2) is 14.1 Å². The Hall–Kier alpha value is -2.84. The number of nitrogens with zero attached hydrogens (tertiary/aromatic N) is 3. The second-order valence-corrected chi connectivity index (χ2v) is 7.95. The molecule has 1 N–H and O–H groups in total. The number of anilines is 1. The summed E-state index contributed by atoms with van der Waals surface area (Å²) < 4.78 is 16.7. The Bertz CT molecular complexity index is 1090. The van der Waals surface area contributed by atoms with Crippen LogP contribution in [0.25, 0.3) is 17.1 Å². The van der Waals surface area contributed by atoms with E-state index in [1.165, 1.54) is 16.8 Å². The fraction of sp³-hybridized carbons (Fsp3) is 0. The van der Waals surface area contributed by atoms with Gasteiger partial charge in [0.05, 0.1) is 5.69 Å². The zero-order valence-corrected chi connectivity index (χ0v) is 18.0. The van der Waals surface area contributed by atoms with Gasteiger partial charge in [0, 0.05) is 20.2 Å². The lowest BCUT2D eigenvalue weighted by Gasteiger charge is -2.06. The average Bonchev–Trinajstić information content (AvgIpc) is 3.16. The second-order valence-electron chi connectivity index (χ2n) is 6.12. The van der Waals surface area contributed by atoms with Crippen molar-refractivity contribution in [2.45, 2.75) is 0 Å². The largest absolute Gasteiger partial charge is 0.319 e. The predicted molar refractivity (Wildman–Crippen MR) is 117 cm³/mol. The molecule has 4 rings (SSSR count). The summed E-state index contributed by atoms with van der Waals surface area (Å²) in [4.78, 5) is 17.2. The molecule has 0 aliphatic carbocycles. The highest BCUT2D eigenvalue weighted by atomic mass is 79.9. The number of amides is 1. The van der Waals surface area contributed by atoms with Crippen molar-refractivity contribution >= 4 is 43.5 Å². The Morgan fingerprint density at radius 2 is 1.45 bits per heavy atom. The first-order valence-corrected chi connectivity index (χ1v) is 10.1. The van der Waals surface area contributed by atoms with E-state index in [1.807, 2.05) is 36.4 Å². The topological polar surface area (TPSA) is 59.8 Å². The zero-order valence-electron chi connectivity index (χ0n) is 14.8. The average molecular weight is 516 g/mol. The van der Waals surface area contributed by atoms with Gasteiger partial charge in [-0.2, -0.15) is 0 Å². The summed E-state index contributed by atoms with van der Waals surface area (Å²) in [5.41, 5.74) is 1.99. The number of carbonyl (C=O) groups is 1. The summed E-state index contributed by atoms with van der Waals surface area (Å²) in [5.74, 6) is -0.306. The molecule has 0 atom stereocenters. The molecular formula is C21H13Br2FN4O. The van der Waals surface area contributed by atoms with Gasteiger partial charge in [0.2, 0.25) is 5.82 Å². The number of halogens is 3. The van der Waals surface area contributed by atoms with Gasteiger partial charge in [0.25, 0.3) is 5.91 Å². The summed E-state index contributed by atoms with van der Waals surface area (Å²) in [6.45, 7) is 0. The SMILES string of the molecule is O=C(Nc1ccc(Br)cc1)c1nc(-c2ccc(Br)cc2)n(-c2ccc(F)cc2)n1. The molecular weight excluding hydrogens is 503 g/mol. The van der Waals surface area contributed by atoms with E-state index in [-0.39, 0.29) is 11.6 Å². The van der Waals surface area contributed by atoms with Crippen LogP contribution in [0.3, 0.4) is 0 Å². The molecule has 29 heavy (non-hydrogen) atoms. The smallest absolute Gasteiger partial charge is 0.295 e. The molecule has 0 aliphatic heterocycles. The van der Waals surface area contributed by atoms with Gasteiger partial charge in [-0.3, -0.25) is 4.79 Å². The van der Waals surface area contributed by atoms with E-state index in [9.17, 15) is 9.18 Å². The highest BCUT2D eigenvalue weighted by molar-refractivity contribution is 9.10. The Morgan fingerprint density at radius 3 is 2.07 bits per heavy atom. The lowest BCUT2D eigenvalue weighted by atomic mass is 10.2. The number of benzene rings is 3. The van der Waals surface area contributed by atoms with Gasteiger partial charge in [-0.1, -0.05) is 44.0 Å². The third-order valence-electron chi connectivity index (χ3n) is 4.09. The lowest BCUT2D eigenvalue weighted by molar-refractivity contribution is 0.101. The zero-order chi connectivity index (χ0) is 20.4. The van der Waals surface area contributed by atoms with Crippen molar-refractivity contribution in [2.75, 3.05) is 5.32 Å². The molecule has 5 nitrogen and oxygen atoms in total. The van der Waals surface area contributed by atoms with Crippen LogP contribution in [0.1, 0.15) is 10.6 Å². The summed E-state index contributed by atoms with van der Waals surface area (Å²) >= 11 is 6.77. The van der Waals surface area contributed by atoms with Crippen LogP contribution in [0.5, 0.6) is 0 Å². The second kappa shape index (κ2) is 8.26. The van der Waals surface area contributed by atoms with Crippen LogP contribution in [0.4, 0.5) is 10.1 Å². The van der Waals surface area contributed by atoms with Gasteiger partial charge in [-0.15, -0.1) is 5.10 Å². The minimum absolute atomic E-state index is 0.00941. The molecule has 0 unspecified atom stereocenters. The molecule has 3 aromatic carbocycles. The molecule has 0 fully saturated rings. The number of carbonyl (C=O) groups excluding carboxylic acids is 1. The number of nitrogens with one attached hydrogen (secondary N) is 1. The molecule has 0 saturated carbocycles. The summed E-state index contributed by atoms with van der Waals surface area (Å²) in [6.07, 6.45) is 0. The summed E-state index contributed by atoms with van der Waals surface area (Å²) in [7, 11) is 0. The maximum atomic E-state index is 13.4. The molecule has 1 heterocycles. The molecule has 0 aliphatic rings. The van der Waals surface area contributed by atoms with Gasteiger partial charge in [-0.05, 0) is 60.7 Å². The van der Waals surface area contributed by atoms with Gasteiger partial charge in [0.15, 0.2) is 5.82 Å². The van der Waals surface area contributed by atoms with Crippen molar-refractivity contribution in [3.8, 4) is 17.1 Å². The third-order valence-corrected chi connectivity index (χ3v) is 5.14. The fourth-order valence-corrected chi connectivity index (χ4v) is 3.21. The number of aromatic nitrogens is 3. The standard InChI is InChI=1S/C21H13Br2FN4O/c22-14-3-1-13(2-4-14)20-26-19(21(29)25-17-9-5-15(23)6-10-17)27-28(20)18-11-7-16(24)8-12-18/h1-12H,(H,25,29). The highest BCUT2D eigenvalue weighted by Crippen LogP contribution is 2.24. The summed E-state index contributed by atoms with van der Waals surface area (Å²) in [6, 6.07) is 20.5. The Morgan fingerprint density at radius 1 is 0.862 bits per heavy atom. The molecule has 0 spiro atoms. The molecule has 1 aromatic heterocycles. The summed E-state index contributed by atoms with van der Waals surface area (Å²) in [5, 5.41) is 7.15. The van der Waals surface area contributed by atoms with E-state index >= 15 is 0 Å². The van der Waals surface area contributed by atoms with Crippen LogP contribution in [0, 0.1) is 5.82 Å². The predicted octanol–water partition coefficient (Wildman–Crippen LogP) is 5.85. The molecule has 0 bridgehead atoms. The Kier molecular flexibility index (Phi) is 5.55. The molecule has 144 valence electrons. The number of rotatable bonds is 4. The van der Waals surface area contributed by atoms with Crippen molar-refractivity contribution in [3.05, 3.63) is 93.4 Å². The molecule has 0 radical (unpaired) electrons. The lowest BCUT2D eigenvalue weighted by Crippen LogP contribution is -2.14. The maximum absolute atomic E-state index is 13.4. The van der Waals surface area contributed by atoms with Crippen LogP contribution < -0.4 is 5.32 Å². The van der Waals surface area contributed by atoms with Gasteiger partial charge in [0.1, 0.15) is 5.82 Å². The van der Waals surface area contributed by atoms with Crippen LogP contribution in [0.15, 0.2) is 81.7 Å².